The SMILES string of the molecule is CCCNC(Cc1ncnn1CC)c1ccc(Br)cn1. The first kappa shape index (κ1) is 15.1. The first-order valence-corrected chi connectivity index (χ1v) is 7.75. The summed E-state index contributed by atoms with van der Waals surface area (Å²) in [4.78, 5) is 8.85. The Labute approximate surface area is 128 Å². The minimum atomic E-state index is 0.164. The fraction of sp³-hybridized carbons (Fsp3) is 0.500. The lowest BCUT2D eigenvalue weighted by Crippen LogP contribution is -2.26. The van der Waals surface area contributed by atoms with Crippen molar-refractivity contribution >= 4 is 15.9 Å². The van der Waals surface area contributed by atoms with Crippen molar-refractivity contribution < 1.29 is 0 Å². The van der Waals surface area contributed by atoms with Crippen LogP contribution in [0.4, 0.5) is 0 Å². The van der Waals surface area contributed by atoms with E-state index in [1.54, 1.807) is 6.33 Å². The smallest absolute Gasteiger partial charge is 0.138 e. The first-order chi connectivity index (χ1) is 9.74. The van der Waals surface area contributed by atoms with Crippen molar-refractivity contribution in [2.45, 2.75) is 39.3 Å². The third-order valence-corrected chi connectivity index (χ3v) is 3.60. The first-order valence-electron chi connectivity index (χ1n) is 6.96. The average molecular weight is 338 g/mol. The highest BCUT2D eigenvalue weighted by atomic mass is 79.9. The summed E-state index contributed by atoms with van der Waals surface area (Å²) in [5, 5.41) is 7.76. The number of hydrogen-bond acceptors (Lipinski definition) is 4. The third kappa shape index (κ3) is 3.86. The van der Waals surface area contributed by atoms with E-state index in [0.717, 1.165) is 41.9 Å². The second kappa shape index (κ2) is 7.50. The quantitative estimate of drug-likeness (QED) is 0.843. The Morgan fingerprint density at radius 3 is 2.80 bits per heavy atom. The summed E-state index contributed by atoms with van der Waals surface area (Å²) in [5.74, 6) is 0.992. The molecule has 108 valence electrons. The summed E-state index contributed by atoms with van der Waals surface area (Å²) in [7, 11) is 0. The molecule has 1 unspecified atom stereocenters. The minimum Gasteiger partial charge on any atom is -0.308 e. The van der Waals surface area contributed by atoms with Crippen molar-refractivity contribution in [2.75, 3.05) is 6.54 Å². The predicted octanol–water partition coefficient (Wildman–Crippen LogP) is 2.74. The van der Waals surface area contributed by atoms with E-state index in [1.165, 1.54) is 0 Å². The van der Waals surface area contributed by atoms with Gasteiger partial charge in [0, 0.05) is 23.6 Å². The van der Waals surface area contributed by atoms with Crippen LogP contribution in [0.5, 0.6) is 0 Å². The van der Waals surface area contributed by atoms with Crippen molar-refractivity contribution in [3.05, 3.63) is 40.6 Å². The van der Waals surface area contributed by atoms with E-state index in [4.69, 9.17) is 0 Å². The molecule has 2 aromatic heterocycles. The number of pyridine rings is 1. The number of hydrogen-bond donors (Lipinski definition) is 1. The summed E-state index contributed by atoms with van der Waals surface area (Å²) < 4.78 is 2.92. The standard InChI is InChI=1S/C14H20BrN5/c1-3-7-16-13(12-6-5-11(15)9-17-12)8-14-18-10-19-20(14)4-2/h5-6,9-10,13,16H,3-4,7-8H2,1-2H3. The van der Waals surface area contributed by atoms with Gasteiger partial charge in [-0.15, -0.1) is 0 Å². The molecule has 0 spiro atoms. The predicted molar refractivity (Wildman–Crippen MR) is 82.4 cm³/mol. The van der Waals surface area contributed by atoms with Crippen LogP contribution < -0.4 is 5.32 Å². The maximum atomic E-state index is 4.50. The molecule has 0 fully saturated rings. The molecule has 0 aliphatic rings. The van der Waals surface area contributed by atoms with Gasteiger partial charge in [0.25, 0.3) is 0 Å². The van der Waals surface area contributed by atoms with Gasteiger partial charge < -0.3 is 5.32 Å². The largest absolute Gasteiger partial charge is 0.308 e. The van der Waals surface area contributed by atoms with Crippen LogP contribution in [0, 0.1) is 0 Å². The number of aryl methyl sites for hydroxylation is 1. The lowest BCUT2D eigenvalue weighted by Gasteiger charge is -2.18. The Morgan fingerprint density at radius 2 is 2.15 bits per heavy atom. The third-order valence-electron chi connectivity index (χ3n) is 3.13. The van der Waals surface area contributed by atoms with E-state index in [1.807, 2.05) is 23.0 Å². The zero-order chi connectivity index (χ0) is 14.4. The average Bonchev–Trinajstić information content (AvgIpc) is 2.91. The van der Waals surface area contributed by atoms with E-state index < -0.39 is 0 Å². The zero-order valence-corrected chi connectivity index (χ0v) is 13.5. The molecule has 2 aromatic rings. The molecule has 0 aliphatic carbocycles. The number of rotatable bonds is 7. The summed E-state index contributed by atoms with van der Waals surface area (Å²) in [5.41, 5.74) is 1.03. The van der Waals surface area contributed by atoms with E-state index >= 15 is 0 Å². The maximum Gasteiger partial charge on any atom is 0.138 e. The molecule has 0 aliphatic heterocycles. The van der Waals surface area contributed by atoms with Gasteiger partial charge in [-0.05, 0) is 48.0 Å². The minimum absolute atomic E-state index is 0.164. The Hall–Kier alpha value is -1.27. The molecule has 0 saturated heterocycles. The molecular formula is C14H20BrN5. The van der Waals surface area contributed by atoms with Crippen LogP contribution in [0.25, 0.3) is 0 Å². The van der Waals surface area contributed by atoms with Gasteiger partial charge in [-0.25, -0.2) is 4.98 Å². The molecule has 2 heterocycles. The molecule has 5 nitrogen and oxygen atoms in total. The molecule has 0 aromatic carbocycles. The van der Waals surface area contributed by atoms with Crippen molar-refractivity contribution in [3.8, 4) is 0 Å². The van der Waals surface area contributed by atoms with Crippen molar-refractivity contribution in [2.24, 2.45) is 0 Å². The van der Waals surface area contributed by atoms with E-state index in [-0.39, 0.29) is 6.04 Å². The van der Waals surface area contributed by atoms with Gasteiger partial charge in [-0.3, -0.25) is 9.67 Å². The second-order valence-electron chi connectivity index (χ2n) is 4.60. The summed E-state index contributed by atoms with van der Waals surface area (Å²) >= 11 is 3.42. The van der Waals surface area contributed by atoms with Gasteiger partial charge in [0.1, 0.15) is 12.2 Å². The Morgan fingerprint density at radius 1 is 1.30 bits per heavy atom. The van der Waals surface area contributed by atoms with Gasteiger partial charge in [-0.1, -0.05) is 6.92 Å². The molecule has 6 heteroatoms. The number of nitrogens with zero attached hydrogens (tertiary/aromatic N) is 4. The number of nitrogens with one attached hydrogen (secondary N) is 1. The van der Waals surface area contributed by atoms with Gasteiger partial charge in [-0.2, -0.15) is 5.10 Å². The van der Waals surface area contributed by atoms with Gasteiger partial charge in [0.2, 0.25) is 0 Å². The van der Waals surface area contributed by atoms with Gasteiger partial charge in [0.05, 0.1) is 11.7 Å². The molecule has 1 atom stereocenters. The van der Waals surface area contributed by atoms with E-state index in [9.17, 15) is 0 Å². The fourth-order valence-corrected chi connectivity index (χ4v) is 2.32. The normalized spacial score (nSPS) is 12.6. The molecule has 0 amide bonds. The highest BCUT2D eigenvalue weighted by Crippen LogP contribution is 2.17. The fourth-order valence-electron chi connectivity index (χ4n) is 2.09. The lowest BCUT2D eigenvalue weighted by atomic mass is 10.1. The molecular weight excluding hydrogens is 318 g/mol. The Bertz CT molecular complexity index is 523. The summed E-state index contributed by atoms with van der Waals surface area (Å²) in [6, 6.07) is 4.23. The molecule has 1 N–H and O–H groups in total. The van der Waals surface area contributed by atoms with Crippen LogP contribution in [0.1, 0.15) is 37.8 Å². The second-order valence-corrected chi connectivity index (χ2v) is 5.52. The van der Waals surface area contributed by atoms with Crippen molar-refractivity contribution in [1.82, 2.24) is 25.1 Å². The molecule has 0 bridgehead atoms. The summed E-state index contributed by atoms with van der Waals surface area (Å²) in [6.45, 7) is 6.03. The van der Waals surface area contributed by atoms with Crippen LogP contribution in [-0.2, 0) is 13.0 Å². The van der Waals surface area contributed by atoms with Gasteiger partial charge in [0.15, 0.2) is 0 Å². The number of halogens is 1. The molecule has 2 rings (SSSR count). The van der Waals surface area contributed by atoms with E-state index in [2.05, 4.69) is 50.2 Å². The van der Waals surface area contributed by atoms with Crippen LogP contribution >= 0.6 is 15.9 Å². The molecule has 20 heavy (non-hydrogen) atoms. The van der Waals surface area contributed by atoms with Crippen LogP contribution in [-0.4, -0.2) is 26.3 Å². The lowest BCUT2D eigenvalue weighted by molar-refractivity contribution is 0.488. The highest BCUT2D eigenvalue weighted by Gasteiger charge is 2.16. The summed E-state index contributed by atoms with van der Waals surface area (Å²) in [6.07, 6.45) is 5.33. The molecule has 0 saturated carbocycles. The zero-order valence-electron chi connectivity index (χ0n) is 11.9. The van der Waals surface area contributed by atoms with Crippen LogP contribution in [0.3, 0.4) is 0 Å². The van der Waals surface area contributed by atoms with Crippen molar-refractivity contribution in [3.63, 3.8) is 0 Å². The Kier molecular flexibility index (Phi) is 5.67. The van der Waals surface area contributed by atoms with Crippen LogP contribution in [0.2, 0.25) is 0 Å². The highest BCUT2D eigenvalue weighted by molar-refractivity contribution is 9.10. The number of aromatic nitrogens is 4. The van der Waals surface area contributed by atoms with Crippen LogP contribution in [0.15, 0.2) is 29.1 Å². The van der Waals surface area contributed by atoms with Crippen molar-refractivity contribution in [1.29, 1.82) is 0 Å². The monoisotopic (exact) mass is 337 g/mol. The maximum absolute atomic E-state index is 4.50. The molecule has 0 radical (unpaired) electrons. The van der Waals surface area contributed by atoms with E-state index in [0.29, 0.717) is 0 Å². The Balaban J connectivity index is 2.17. The van der Waals surface area contributed by atoms with Gasteiger partial charge >= 0.3 is 0 Å². The topological polar surface area (TPSA) is 55.6 Å².